The molecule has 5 nitrogen and oxygen atoms in total. The van der Waals surface area contributed by atoms with Crippen LogP contribution in [0.2, 0.25) is 0 Å². The van der Waals surface area contributed by atoms with E-state index in [-0.39, 0.29) is 17.3 Å². The molecule has 1 aromatic carbocycles. The summed E-state index contributed by atoms with van der Waals surface area (Å²) in [6.45, 7) is 2.09. The number of aromatic carboxylic acids is 1. The van der Waals surface area contributed by atoms with Gasteiger partial charge >= 0.3 is 11.9 Å². The third kappa shape index (κ3) is 7.70. The van der Waals surface area contributed by atoms with Crippen LogP contribution in [-0.2, 0) is 17.6 Å². The van der Waals surface area contributed by atoms with Crippen molar-refractivity contribution < 1.29 is 28.6 Å². The summed E-state index contributed by atoms with van der Waals surface area (Å²) >= 11 is 1.15. The van der Waals surface area contributed by atoms with Gasteiger partial charge in [-0.25, -0.2) is 4.79 Å². The van der Waals surface area contributed by atoms with Gasteiger partial charge in [-0.15, -0.1) is 11.3 Å². The normalized spacial score (nSPS) is 19.4. The Labute approximate surface area is 209 Å². The molecule has 0 spiro atoms. The van der Waals surface area contributed by atoms with Crippen molar-refractivity contribution >= 4 is 23.2 Å². The topological polar surface area (TPSA) is 77.8 Å². The van der Waals surface area contributed by atoms with Crippen molar-refractivity contribution in [2.75, 3.05) is 6.54 Å². The number of carboxylic acid groups (broad SMARTS) is 1. The fraction of sp³-hybridized carbons (Fsp3) is 0.481. The zero-order chi connectivity index (χ0) is 25.4. The number of aliphatic hydroxyl groups is 1. The zero-order valence-electron chi connectivity index (χ0n) is 19.9. The molecule has 0 radical (unpaired) electrons. The van der Waals surface area contributed by atoms with Crippen LogP contribution in [0, 0.1) is 5.92 Å². The summed E-state index contributed by atoms with van der Waals surface area (Å²) in [6.07, 6.45) is 6.46. The minimum Gasteiger partial charge on any atom is -0.477 e. The summed E-state index contributed by atoms with van der Waals surface area (Å²) in [5, 5.41) is 19.5. The first-order valence-electron chi connectivity index (χ1n) is 12.1. The second-order valence-electron chi connectivity index (χ2n) is 9.23. The molecule has 1 aromatic heterocycles. The SMILES string of the molecule is CC(CCCCc1ccccc1)C(O)C=CC1CC(F)(F)C(=O)N1CCCc1ccc(C(=O)O)s1. The van der Waals surface area contributed by atoms with Crippen molar-refractivity contribution in [2.24, 2.45) is 5.92 Å². The summed E-state index contributed by atoms with van der Waals surface area (Å²) in [4.78, 5) is 25.5. The van der Waals surface area contributed by atoms with Crippen LogP contribution in [0.4, 0.5) is 8.78 Å². The Balaban J connectivity index is 1.48. The molecule has 2 heterocycles. The average Bonchev–Trinajstić information content (AvgIpc) is 3.39. The van der Waals surface area contributed by atoms with E-state index in [1.807, 2.05) is 25.1 Å². The lowest BCUT2D eigenvalue weighted by Crippen LogP contribution is -2.36. The quantitative estimate of drug-likeness (QED) is 0.275. The van der Waals surface area contributed by atoms with Crippen LogP contribution in [0.25, 0.3) is 0 Å². The predicted octanol–water partition coefficient (Wildman–Crippen LogP) is 5.58. The van der Waals surface area contributed by atoms with Crippen molar-refractivity contribution in [3.63, 3.8) is 0 Å². The van der Waals surface area contributed by atoms with E-state index in [0.29, 0.717) is 12.8 Å². The second kappa shape index (κ2) is 12.4. The molecule has 35 heavy (non-hydrogen) atoms. The molecule has 3 atom stereocenters. The lowest BCUT2D eigenvalue weighted by atomic mass is 9.95. The third-order valence-electron chi connectivity index (χ3n) is 6.47. The lowest BCUT2D eigenvalue weighted by molar-refractivity contribution is -0.148. The molecule has 2 aromatic rings. The van der Waals surface area contributed by atoms with Gasteiger partial charge in [0, 0.05) is 17.8 Å². The fourth-order valence-electron chi connectivity index (χ4n) is 4.35. The van der Waals surface area contributed by atoms with Crippen LogP contribution >= 0.6 is 11.3 Å². The van der Waals surface area contributed by atoms with Gasteiger partial charge in [-0.1, -0.05) is 55.8 Å². The average molecular weight is 506 g/mol. The highest BCUT2D eigenvalue weighted by Crippen LogP contribution is 2.34. The Bertz CT molecular complexity index is 1010. The molecule has 190 valence electrons. The van der Waals surface area contributed by atoms with E-state index < -0.39 is 36.4 Å². The van der Waals surface area contributed by atoms with E-state index in [2.05, 4.69) is 12.1 Å². The Kier molecular flexibility index (Phi) is 9.57. The molecule has 0 bridgehead atoms. The Morgan fingerprint density at radius 1 is 1.17 bits per heavy atom. The van der Waals surface area contributed by atoms with Crippen LogP contribution in [0.15, 0.2) is 54.6 Å². The first-order chi connectivity index (χ1) is 16.7. The number of carbonyl (C=O) groups excluding carboxylic acids is 1. The van der Waals surface area contributed by atoms with Gasteiger partial charge in [-0.3, -0.25) is 4.79 Å². The molecular weight excluding hydrogens is 472 g/mol. The molecule has 1 saturated heterocycles. The summed E-state index contributed by atoms with van der Waals surface area (Å²) in [5.74, 6) is -5.62. The fourth-order valence-corrected chi connectivity index (χ4v) is 5.24. The van der Waals surface area contributed by atoms with Gasteiger partial charge in [-0.05, 0) is 55.7 Å². The number of rotatable bonds is 13. The van der Waals surface area contributed by atoms with Gasteiger partial charge in [-0.2, -0.15) is 8.78 Å². The maximum atomic E-state index is 14.2. The summed E-state index contributed by atoms with van der Waals surface area (Å²) in [7, 11) is 0. The largest absolute Gasteiger partial charge is 0.477 e. The number of carboxylic acids is 1. The van der Waals surface area contributed by atoms with Crippen molar-refractivity contribution in [3.05, 3.63) is 69.9 Å². The molecule has 0 saturated carbocycles. The number of unbranched alkanes of at least 4 members (excludes halogenated alkanes) is 1. The number of aryl methyl sites for hydroxylation is 2. The van der Waals surface area contributed by atoms with Gasteiger partial charge < -0.3 is 15.1 Å². The molecule has 1 amide bonds. The number of likely N-dealkylation sites (tertiary alicyclic amines) is 1. The number of hydrogen-bond acceptors (Lipinski definition) is 4. The van der Waals surface area contributed by atoms with E-state index in [9.17, 15) is 23.5 Å². The Morgan fingerprint density at radius 3 is 2.60 bits per heavy atom. The number of halogens is 2. The highest BCUT2D eigenvalue weighted by molar-refractivity contribution is 7.13. The second-order valence-corrected chi connectivity index (χ2v) is 10.4. The monoisotopic (exact) mass is 505 g/mol. The zero-order valence-corrected chi connectivity index (χ0v) is 20.7. The minimum absolute atomic E-state index is 0.0182. The number of thiophene rings is 1. The van der Waals surface area contributed by atoms with Gasteiger partial charge in [0.25, 0.3) is 5.91 Å². The maximum Gasteiger partial charge on any atom is 0.345 e. The molecular formula is C27H33F2NO4S. The standard InChI is InChI=1S/C27H33F2NO4S/c1-19(8-5-6-11-20-9-3-2-4-10-20)23(31)15-13-21-18-27(28,29)26(34)30(21)17-7-12-22-14-16-24(35-22)25(32)33/h2-4,9-10,13-16,19,21,23,31H,5-8,11-12,17-18H2,1H3,(H,32,33). The van der Waals surface area contributed by atoms with Gasteiger partial charge in [0.15, 0.2) is 0 Å². The number of hydrogen-bond donors (Lipinski definition) is 2. The van der Waals surface area contributed by atoms with E-state index in [1.54, 1.807) is 12.1 Å². The van der Waals surface area contributed by atoms with Gasteiger partial charge in [0.2, 0.25) is 0 Å². The Hall–Kier alpha value is -2.58. The Morgan fingerprint density at radius 2 is 1.91 bits per heavy atom. The number of alkyl halides is 2. The lowest BCUT2D eigenvalue weighted by Gasteiger charge is -2.22. The van der Waals surface area contributed by atoms with E-state index >= 15 is 0 Å². The summed E-state index contributed by atoms with van der Waals surface area (Å²) < 4.78 is 28.3. The molecule has 3 unspecified atom stereocenters. The molecule has 1 aliphatic rings. The molecule has 1 fully saturated rings. The van der Waals surface area contributed by atoms with E-state index in [4.69, 9.17) is 5.11 Å². The number of amides is 1. The first-order valence-corrected chi connectivity index (χ1v) is 12.9. The van der Waals surface area contributed by atoms with Gasteiger partial charge in [0.05, 0.1) is 12.1 Å². The summed E-state index contributed by atoms with van der Waals surface area (Å²) in [5.41, 5.74) is 1.29. The van der Waals surface area contributed by atoms with E-state index in [1.165, 1.54) is 22.6 Å². The highest BCUT2D eigenvalue weighted by Gasteiger charge is 2.52. The van der Waals surface area contributed by atoms with Gasteiger partial charge in [0.1, 0.15) is 4.88 Å². The smallest absolute Gasteiger partial charge is 0.345 e. The minimum atomic E-state index is -3.41. The molecule has 3 rings (SSSR count). The molecule has 8 heteroatoms. The van der Waals surface area contributed by atoms with Crippen LogP contribution in [0.1, 0.15) is 59.1 Å². The number of aliphatic hydroxyl groups excluding tert-OH is 1. The van der Waals surface area contributed by atoms with Crippen LogP contribution in [-0.4, -0.2) is 51.6 Å². The first kappa shape index (κ1) is 27.0. The van der Waals surface area contributed by atoms with Crippen molar-refractivity contribution in [2.45, 2.75) is 69.9 Å². The van der Waals surface area contributed by atoms with Crippen molar-refractivity contribution in [3.8, 4) is 0 Å². The molecule has 0 aliphatic carbocycles. The molecule has 1 aliphatic heterocycles. The summed E-state index contributed by atoms with van der Waals surface area (Å²) in [6, 6.07) is 12.7. The maximum absolute atomic E-state index is 14.2. The molecule has 2 N–H and O–H groups in total. The predicted molar refractivity (Wildman–Crippen MR) is 133 cm³/mol. The van der Waals surface area contributed by atoms with Crippen LogP contribution < -0.4 is 0 Å². The number of nitrogens with zero attached hydrogens (tertiary/aromatic N) is 1. The number of benzene rings is 1. The number of carbonyl (C=O) groups is 2. The van der Waals surface area contributed by atoms with Crippen molar-refractivity contribution in [1.82, 2.24) is 4.90 Å². The van der Waals surface area contributed by atoms with E-state index in [0.717, 1.165) is 41.9 Å². The van der Waals surface area contributed by atoms with Crippen LogP contribution in [0.3, 0.4) is 0 Å². The van der Waals surface area contributed by atoms with Crippen molar-refractivity contribution in [1.29, 1.82) is 0 Å². The highest BCUT2D eigenvalue weighted by atomic mass is 32.1. The third-order valence-corrected chi connectivity index (χ3v) is 7.60. The van der Waals surface area contributed by atoms with Crippen LogP contribution in [0.5, 0.6) is 0 Å².